The summed E-state index contributed by atoms with van der Waals surface area (Å²) in [6.45, 7) is 3.42. The molecule has 0 heterocycles. The van der Waals surface area contributed by atoms with Crippen molar-refractivity contribution in [2.24, 2.45) is 0 Å². The maximum atomic E-state index is 13.0. The van der Waals surface area contributed by atoms with E-state index in [0.29, 0.717) is 5.56 Å². The van der Waals surface area contributed by atoms with Crippen LogP contribution in [0.15, 0.2) is 42.5 Å². The molecule has 0 saturated heterocycles. The van der Waals surface area contributed by atoms with Crippen LogP contribution in [0.25, 0.3) is 0 Å². The Labute approximate surface area is 174 Å². The fourth-order valence-electron chi connectivity index (χ4n) is 2.98. The molecule has 0 radical (unpaired) electrons. The van der Waals surface area contributed by atoms with Crippen LogP contribution in [0.5, 0.6) is 0 Å². The van der Waals surface area contributed by atoms with Crippen LogP contribution < -0.4 is 9.62 Å². The average Bonchev–Trinajstić information content (AvgIpc) is 2.65. The highest BCUT2D eigenvalue weighted by Crippen LogP contribution is 2.27. The number of nitrogens with one attached hydrogen (secondary N) is 1. The Kier molecular flexibility index (Phi) is 7.49. The van der Waals surface area contributed by atoms with E-state index in [9.17, 15) is 27.7 Å². The molecule has 1 N–H and O–H groups in total. The summed E-state index contributed by atoms with van der Waals surface area (Å²) < 4.78 is 38.6. The Morgan fingerprint density at radius 1 is 1.23 bits per heavy atom. The zero-order valence-corrected chi connectivity index (χ0v) is 17.8. The third-order valence-electron chi connectivity index (χ3n) is 4.59. The first-order chi connectivity index (χ1) is 14.0. The number of carbonyl (C=O) groups excluding carboxylic acids is 1. The van der Waals surface area contributed by atoms with Gasteiger partial charge in [-0.25, -0.2) is 12.8 Å². The molecule has 8 nitrogen and oxygen atoms in total. The molecular formula is C20H24FN3O5S. The molecule has 162 valence electrons. The van der Waals surface area contributed by atoms with Gasteiger partial charge in [0.1, 0.15) is 5.82 Å². The molecule has 0 saturated carbocycles. The summed E-state index contributed by atoms with van der Waals surface area (Å²) in [5, 5.41) is 13.8. The number of benzene rings is 2. The summed E-state index contributed by atoms with van der Waals surface area (Å²) in [6.07, 6.45) is 1.30. The highest BCUT2D eigenvalue weighted by Gasteiger charge is 2.22. The minimum absolute atomic E-state index is 0.000803. The number of rotatable bonds is 9. The summed E-state index contributed by atoms with van der Waals surface area (Å²) in [5.74, 6) is -0.648. The van der Waals surface area contributed by atoms with Crippen LogP contribution >= 0.6 is 0 Å². The van der Waals surface area contributed by atoms with Gasteiger partial charge in [0.25, 0.3) is 5.69 Å². The van der Waals surface area contributed by atoms with Gasteiger partial charge >= 0.3 is 0 Å². The van der Waals surface area contributed by atoms with Crippen molar-refractivity contribution in [3.63, 3.8) is 0 Å². The Morgan fingerprint density at radius 2 is 1.87 bits per heavy atom. The molecule has 2 aromatic carbocycles. The number of carbonyl (C=O) groups is 1. The van der Waals surface area contributed by atoms with Crippen molar-refractivity contribution in [3.05, 3.63) is 69.5 Å². The van der Waals surface area contributed by atoms with E-state index in [2.05, 4.69) is 5.32 Å². The maximum absolute atomic E-state index is 13.0. The summed E-state index contributed by atoms with van der Waals surface area (Å²) in [4.78, 5) is 22.7. The zero-order chi connectivity index (χ0) is 22.5. The zero-order valence-electron chi connectivity index (χ0n) is 17.0. The summed E-state index contributed by atoms with van der Waals surface area (Å²) in [6, 6.07) is 9.46. The number of halogens is 1. The summed E-state index contributed by atoms with van der Waals surface area (Å²) >= 11 is 0. The van der Waals surface area contributed by atoms with Crippen LogP contribution in [0.4, 0.5) is 15.8 Å². The molecule has 0 aliphatic rings. The second kappa shape index (κ2) is 9.66. The van der Waals surface area contributed by atoms with Crippen LogP contribution in [-0.2, 0) is 14.8 Å². The van der Waals surface area contributed by atoms with E-state index >= 15 is 0 Å². The van der Waals surface area contributed by atoms with E-state index < -0.39 is 14.9 Å². The highest BCUT2D eigenvalue weighted by molar-refractivity contribution is 7.92. The number of aryl methyl sites for hydroxylation is 1. The number of amides is 1. The second-order valence-corrected chi connectivity index (χ2v) is 8.91. The molecule has 0 fully saturated rings. The molecule has 1 unspecified atom stereocenters. The van der Waals surface area contributed by atoms with E-state index in [-0.39, 0.29) is 48.5 Å². The molecule has 30 heavy (non-hydrogen) atoms. The molecular weight excluding hydrogens is 413 g/mol. The van der Waals surface area contributed by atoms with Gasteiger partial charge in [0.15, 0.2) is 0 Å². The van der Waals surface area contributed by atoms with Crippen molar-refractivity contribution in [3.8, 4) is 0 Å². The van der Waals surface area contributed by atoms with Gasteiger partial charge in [-0.15, -0.1) is 0 Å². The van der Waals surface area contributed by atoms with Crippen LogP contribution in [0.2, 0.25) is 0 Å². The average molecular weight is 437 g/mol. The molecule has 1 amide bonds. The lowest BCUT2D eigenvalue weighted by Gasteiger charge is -2.24. The predicted octanol–water partition coefficient (Wildman–Crippen LogP) is 3.47. The Balaban J connectivity index is 2.04. The largest absolute Gasteiger partial charge is 0.350 e. The normalized spacial score (nSPS) is 12.3. The Morgan fingerprint density at radius 3 is 2.43 bits per heavy atom. The lowest BCUT2D eigenvalue weighted by Crippen LogP contribution is -2.33. The minimum Gasteiger partial charge on any atom is -0.350 e. The van der Waals surface area contributed by atoms with E-state index in [0.717, 1.165) is 16.1 Å². The smallest absolute Gasteiger partial charge is 0.271 e. The molecule has 2 aromatic rings. The van der Waals surface area contributed by atoms with Crippen molar-refractivity contribution in [2.45, 2.75) is 32.7 Å². The van der Waals surface area contributed by atoms with Crippen molar-refractivity contribution in [1.82, 2.24) is 5.32 Å². The molecule has 0 aliphatic heterocycles. The van der Waals surface area contributed by atoms with Crippen molar-refractivity contribution in [1.29, 1.82) is 0 Å². The molecule has 0 aromatic heterocycles. The SMILES string of the molecule is Cc1ccc([N+](=O)[O-])cc1N(CCCC(=O)NC(C)c1ccc(F)cc1)S(C)(=O)=O. The first kappa shape index (κ1) is 23.3. The number of nitro benzene ring substituents is 1. The number of hydrogen-bond donors (Lipinski definition) is 1. The molecule has 0 spiro atoms. The minimum atomic E-state index is -3.71. The number of non-ortho nitro benzene ring substituents is 1. The third kappa shape index (κ3) is 6.24. The van der Waals surface area contributed by atoms with Gasteiger partial charge in [-0.05, 0) is 43.5 Å². The van der Waals surface area contributed by atoms with Crippen LogP contribution in [-0.4, -0.2) is 32.0 Å². The number of sulfonamides is 1. The lowest BCUT2D eigenvalue weighted by atomic mass is 10.1. The van der Waals surface area contributed by atoms with Crippen molar-refractivity contribution in [2.75, 3.05) is 17.1 Å². The van der Waals surface area contributed by atoms with Crippen molar-refractivity contribution < 1.29 is 22.5 Å². The van der Waals surface area contributed by atoms with E-state index in [1.54, 1.807) is 26.0 Å². The lowest BCUT2D eigenvalue weighted by molar-refractivity contribution is -0.384. The molecule has 1 atom stereocenters. The number of hydrogen-bond acceptors (Lipinski definition) is 5. The fourth-order valence-corrected chi connectivity index (χ4v) is 3.99. The third-order valence-corrected chi connectivity index (χ3v) is 5.77. The summed E-state index contributed by atoms with van der Waals surface area (Å²) in [5.41, 5.74) is 1.32. The standard InChI is InChI=1S/C20H24FN3O5S/c1-14-6-11-18(24(26)27)13-19(14)23(30(3,28)29)12-4-5-20(25)22-15(2)16-7-9-17(21)10-8-16/h6-11,13,15H,4-5,12H2,1-3H3,(H,22,25). The topological polar surface area (TPSA) is 110 Å². The van der Waals surface area contributed by atoms with Crippen LogP contribution in [0.1, 0.15) is 36.9 Å². The van der Waals surface area contributed by atoms with Gasteiger partial charge in [-0.2, -0.15) is 0 Å². The fraction of sp³-hybridized carbons (Fsp3) is 0.350. The van der Waals surface area contributed by atoms with E-state index in [1.807, 2.05) is 0 Å². The number of anilines is 1. The van der Waals surface area contributed by atoms with Gasteiger partial charge in [0.05, 0.1) is 22.9 Å². The first-order valence-electron chi connectivity index (χ1n) is 9.26. The predicted molar refractivity (Wildman–Crippen MR) is 112 cm³/mol. The molecule has 0 aliphatic carbocycles. The van der Waals surface area contributed by atoms with Crippen LogP contribution in [0.3, 0.4) is 0 Å². The molecule has 10 heteroatoms. The number of nitro groups is 1. The van der Waals surface area contributed by atoms with E-state index in [4.69, 9.17) is 0 Å². The molecule has 0 bridgehead atoms. The van der Waals surface area contributed by atoms with Gasteiger partial charge in [0.2, 0.25) is 15.9 Å². The Bertz CT molecular complexity index is 1030. The number of nitrogens with zero attached hydrogens (tertiary/aromatic N) is 2. The van der Waals surface area contributed by atoms with Gasteiger partial charge < -0.3 is 5.32 Å². The molecule has 2 rings (SSSR count). The quantitative estimate of drug-likeness (QED) is 0.477. The Hall–Kier alpha value is -3.01. The highest BCUT2D eigenvalue weighted by atomic mass is 32.2. The van der Waals surface area contributed by atoms with E-state index in [1.165, 1.54) is 30.3 Å². The second-order valence-electron chi connectivity index (χ2n) is 7.01. The summed E-state index contributed by atoms with van der Waals surface area (Å²) in [7, 11) is -3.71. The van der Waals surface area contributed by atoms with Gasteiger partial charge in [-0.1, -0.05) is 18.2 Å². The first-order valence-corrected chi connectivity index (χ1v) is 11.1. The maximum Gasteiger partial charge on any atom is 0.271 e. The van der Waals surface area contributed by atoms with Gasteiger partial charge in [0, 0.05) is 25.1 Å². The van der Waals surface area contributed by atoms with Crippen molar-refractivity contribution >= 4 is 27.3 Å². The van der Waals surface area contributed by atoms with Gasteiger partial charge in [-0.3, -0.25) is 19.2 Å². The van der Waals surface area contributed by atoms with Crippen LogP contribution in [0, 0.1) is 22.9 Å². The monoisotopic (exact) mass is 437 g/mol.